The quantitative estimate of drug-likeness (QED) is 0.195. The number of rotatable bonds is 10. The molecule has 0 heterocycles. The Balaban J connectivity index is 0. The second-order valence-electron chi connectivity index (χ2n) is 3.94. The molecule has 0 aromatic heterocycles. The van der Waals surface area contributed by atoms with Crippen molar-refractivity contribution in [2.75, 3.05) is 24.4 Å². The molecule has 0 aliphatic rings. The van der Waals surface area contributed by atoms with Crippen molar-refractivity contribution >= 4 is 19.5 Å². The van der Waals surface area contributed by atoms with Gasteiger partial charge in [0.15, 0.2) is 0 Å². The third-order valence-electron chi connectivity index (χ3n) is 2.51. The summed E-state index contributed by atoms with van der Waals surface area (Å²) in [7, 11) is 0.357. The van der Waals surface area contributed by atoms with Gasteiger partial charge in [0.1, 0.15) is 0 Å². The number of alkyl halides is 1. The fourth-order valence-electron chi connectivity index (χ4n) is 1.53. The summed E-state index contributed by atoms with van der Waals surface area (Å²) >= 11 is 5.70. The summed E-state index contributed by atoms with van der Waals surface area (Å²) in [6.07, 6.45) is 12.7. The first-order valence-corrected chi connectivity index (χ1v) is 8.56. The molecule has 0 atom stereocenters. The maximum absolute atomic E-state index is 5.70. The first-order valence-electron chi connectivity index (χ1n) is 6.13. The predicted molar refractivity (Wildman–Crippen MR) is 71.3 cm³/mol. The second kappa shape index (κ2) is 15.5. The minimum Gasteiger partial charge on any atom is -0.127 e. The van der Waals surface area contributed by atoms with Crippen molar-refractivity contribution in [3.8, 4) is 0 Å². The molecule has 15 heavy (non-hydrogen) atoms. The fraction of sp³-hybridized carbons (Fsp3) is 1.00. The molecular weight excluding hydrogens is 408 g/mol. The molecule has 1 radical (unpaired) electrons. The summed E-state index contributed by atoms with van der Waals surface area (Å²) in [5, 5.41) is 0. The molecule has 3 heteroatoms. The Morgan fingerprint density at radius 2 is 1.27 bits per heavy atom. The molecule has 0 aliphatic carbocycles. The second-order valence-corrected chi connectivity index (χ2v) is 7.01. The summed E-state index contributed by atoms with van der Waals surface area (Å²) in [4.78, 5) is 0. The molecule has 0 amide bonds. The predicted octanol–water partition coefficient (Wildman–Crippen LogP) is 5.09. The van der Waals surface area contributed by atoms with E-state index in [-0.39, 0.29) is 22.4 Å². The van der Waals surface area contributed by atoms with Crippen LogP contribution in [0.15, 0.2) is 0 Å². The van der Waals surface area contributed by atoms with Crippen LogP contribution in [0.4, 0.5) is 0 Å². The van der Waals surface area contributed by atoms with Crippen LogP contribution in [0.1, 0.15) is 52.4 Å². The Labute approximate surface area is 118 Å². The Morgan fingerprint density at radius 3 is 1.67 bits per heavy atom. The van der Waals surface area contributed by atoms with E-state index in [1.807, 2.05) is 0 Å². The molecule has 0 spiro atoms. The smallest absolute Gasteiger partial charge is 0.0223 e. The minimum atomic E-state index is 0. The summed E-state index contributed by atoms with van der Waals surface area (Å²) in [6.45, 7) is 4.60. The fourth-order valence-corrected chi connectivity index (χ4v) is 4.59. The molecule has 0 bridgehead atoms. The summed E-state index contributed by atoms with van der Waals surface area (Å²) in [6, 6.07) is 0. The first-order chi connectivity index (χ1) is 6.85. The van der Waals surface area contributed by atoms with Crippen LogP contribution in [-0.4, -0.2) is 24.4 Å². The zero-order valence-corrected chi connectivity index (χ0v) is 14.0. The third-order valence-corrected chi connectivity index (χ3v) is 5.63. The monoisotopic (exact) mass is 433 g/mol. The van der Waals surface area contributed by atoms with E-state index < -0.39 is 0 Å². The van der Waals surface area contributed by atoms with Gasteiger partial charge in [-0.15, -0.1) is 19.5 Å². The van der Waals surface area contributed by atoms with Gasteiger partial charge in [-0.2, -0.15) is 0 Å². The van der Waals surface area contributed by atoms with Crippen molar-refractivity contribution < 1.29 is 22.4 Å². The average molecular weight is 434 g/mol. The number of hydrogen-bond donors (Lipinski definition) is 0. The Kier molecular flexibility index (Phi) is 19.4. The largest absolute Gasteiger partial charge is 0.127 e. The van der Waals surface area contributed by atoms with E-state index in [0.717, 1.165) is 5.88 Å². The molecule has 0 aromatic carbocycles. The van der Waals surface area contributed by atoms with Crippen molar-refractivity contribution in [1.82, 2.24) is 0 Å². The van der Waals surface area contributed by atoms with Gasteiger partial charge in [0, 0.05) is 28.3 Å². The molecule has 0 saturated heterocycles. The molecular formula is C12H26AuClP. The normalized spacial score (nSPS) is 10.4. The third kappa shape index (κ3) is 13.4. The van der Waals surface area contributed by atoms with E-state index in [9.17, 15) is 0 Å². The molecule has 0 aromatic rings. The Bertz CT molecular complexity index is 104. The van der Waals surface area contributed by atoms with Gasteiger partial charge in [0.05, 0.1) is 0 Å². The van der Waals surface area contributed by atoms with Gasteiger partial charge in [-0.3, -0.25) is 0 Å². The summed E-state index contributed by atoms with van der Waals surface area (Å²) < 4.78 is 0. The number of unbranched alkanes of at least 4 members (excludes halogenated alkanes) is 3. The molecule has 0 aliphatic heterocycles. The van der Waals surface area contributed by atoms with E-state index >= 15 is 0 Å². The Hall–Kier alpha value is 1.46. The minimum absolute atomic E-state index is 0. The van der Waals surface area contributed by atoms with Gasteiger partial charge < -0.3 is 0 Å². The van der Waals surface area contributed by atoms with Crippen LogP contribution >= 0.6 is 19.5 Å². The van der Waals surface area contributed by atoms with Crippen molar-refractivity contribution in [3.63, 3.8) is 0 Å². The van der Waals surface area contributed by atoms with Gasteiger partial charge in [-0.1, -0.05) is 26.7 Å². The number of hydrogen-bond acceptors (Lipinski definition) is 0. The Morgan fingerprint density at radius 1 is 0.800 bits per heavy atom. The molecule has 97 valence electrons. The van der Waals surface area contributed by atoms with Crippen molar-refractivity contribution in [1.29, 1.82) is 0 Å². The molecule has 0 N–H and O–H groups in total. The van der Waals surface area contributed by atoms with Crippen LogP contribution in [0, 0.1) is 0 Å². The SMILES string of the molecule is CCCCP(CCCC)CCCCCl.[Au]. The average Bonchev–Trinajstić information content (AvgIpc) is 2.21. The number of halogens is 1. The van der Waals surface area contributed by atoms with Gasteiger partial charge in [-0.05, 0) is 44.2 Å². The first kappa shape index (κ1) is 18.8. The van der Waals surface area contributed by atoms with Crippen molar-refractivity contribution in [2.24, 2.45) is 0 Å². The van der Waals surface area contributed by atoms with E-state index in [1.165, 1.54) is 57.0 Å². The van der Waals surface area contributed by atoms with Crippen LogP contribution < -0.4 is 0 Å². The zero-order valence-electron chi connectivity index (χ0n) is 10.2. The standard InChI is InChI=1S/C12H26ClP.Au/c1-3-5-10-14(11-6-4-2)12-8-7-9-13;/h3-12H2,1-2H3;. The van der Waals surface area contributed by atoms with E-state index in [0.29, 0.717) is 7.92 Å². The van der Waals surface area contributed by atoms with Crippen LogP contribution in [0.2, 0.25) is 0 Å². The van der Waals surface area contributed by atoms with Gasteiger partial charge >= 0.3 is 0 Å². The topological polar surface area (TPSA) is 0 Å². The van der Waals surface area contributed by atoms with Gasteiger partial charge in [0.2, 0.25) is 0 Å². The molecule has 0 fully saturated rings. The van der Waals surface area contributed by atoms with E-state index in [2.05, 4.69) is 13.8 Å². The van der Waals surface area contributed by atoms with Gasteiger partial charge in [-0.25, -0.2) is 0 Å². The van der Waals surface area contributed by atoms with Crippen molar-refractivity contribution in [2.45, 2.75) is 52.4 Å². The van der Waals surface area contributed by atoms with E-state index in [1.54, 1.807) is 0 Å². The van der Waals surface area contributed by atoms with Crippen LogP contribution in [-0.2, 0) is 22.4 Å². The molecule has 0 nitrogen and oxygen atoms in total. The van der Waals surface area contributed by atoms with Crippen molar-refractivity contribution in [3.05, 3.63) is 0 Å². The molecule has 0 rings (SSSR count). The summed E-state index contributed by atoms with van der Waals surface area (Å²) in [5.41, 5.74) is 0. The van der Waals surface area contributed by atoms with E-state index in [4.69, 9.17) is 11.6 Å². The zero-order chi connectivity index (χ0) is 10.6. The van der Waals surface area contributed by atoms with Crippen LogP contribution in [0.3, 0.4) is 0 Å². The summed E-state index contributed by atoms with van der Waals surface area (Å²) in [5.74, 6) is 0.852. The molecule has 0 unspecified atom stereocenters. The van der Waals surface area contributed by atoms with Gasteiger partial charge in [0.25, 0.3) is 0 Å². The molecule has 0 saturated carbocycles. The maximum atomic E-state index is 5.70. The maximum Gasteiger partial charge on any atom is 0.0223 e. The van der Waals surface area contributed by atoms with Crippen LogP contribution in [0.25, 0.3) is 0 Å². The van der Waals surface area contributed by atoms with Crippen LogP contribution in [0.5, 0.6) is 0 Å².